The van der Waals surface area contributed by atoms with Crippen LogP contribution >= 0.6 is 0 Å². The molecule has 2 N–H and O–H groups in total. The molecule has 1 fully saturated rings. The van der Waals surface area contributed by atoms with Crippen molar-refractivity contribution in [2.24, 2.45) is 0 Å². The maximum absolute atomic E-state index is 12.9. The summed E-state index contributed by atoms with van der Waals surface area (Å²) in [6, 6.07) is 6.53. The number of hydrogen-bond acceptors (Lipinski definition) is 4. The average molecular weight is 317 g/mol. The Morgan fingerprint density at radius 1 is 1.43 bits per heavy atom. The summed E-state index contributed by atoms with van der Waals surface area (Å²) >= 11 is 0. The zero-order valence-electron chi connectivity index (χ0n) is 13.0. The van der Waals surface area contributed by atoms with E-state index in [0.29, 0.717) is 23.2 Å². The van der Waals surface area contributed by atoms with Crippen LogP contribution in [-0.2, 0) is 11.2 Å². The summed E-state index contributed by atoms with van der Waals surface area (Å²) in [5.41, 5.74) is 1.26. The highest BCUT2D eigenvalue weighted by Crippen LogP contribution is 2.19. The number of benzene rings is 1. The molecular formula is C17H20FN3O2. The third-order valence-electron chi connectivity index (χ3n) is 3.97. The maximum atomic E-state index is 12.9. The van der Waals surface area contributed by atoms with E-state index in [9.17, 15) is 9.18 Å². The lowest BCUT2D eigenvalue weighted by Gasteiger charge is -2.28. The van der Waals surface area contributed by atoms with Gasteiger partial charge in [-0.25, -0.2) is 9.37 Å². The number of nitrogens with zero attached hydrogens (tertiary/aromatic N) is 1. The van der Waals surface area contributed by atoms with Crippen molar-refractivity contribution in [3.63, 3.8) is 0 Å². The molecule has 1 aliphatic heterocycles. The topological polar surface area (TPSA) is 67.2 Å². The first-order chi connectivity index (χ1) is 11.1. The van der Waals surface area contributed by atoms with E-state index in [1.165, 1.54) is 18.4 Å². The molecule has 1 aromatic heterocycles. The van der Waals surface area contributed by atoms with Crippen molar-refractivity contribution in [2.75, 3.05) is 6.54 Å². The molecule has 1 saturated heterocycles. The minimum Gasteiger partial charge on any atom is -0.444 e. The third kappa shape index (κ3) is 4.16. The van der Waals surface area contributed by atoms with Crippen LogP contribution in [0, 0.1) is 5.82 Å². The second kappa shape index (κ2) is 6.91. The van der Waals surface area contributed by atoms with Gasteiger partial charge in [0.25, 0.3) is 0 Å². The quantitative estimate of drug-likeness (QED) is 0.908. The van der Waals surface area contributed by atoms with Gasteiger partial charge in [0, 0.05) is 17.6 Å². The number of hydrogen-bond donors (Lipinski definition) is 2. The molecule has 0 bridgehead atoms. The number of rotatable bonds is 4. The first-order valence-electron chi connectivity index (χ1n) is 7.83. The Morgan fingerprint density at radius 3 is 2.96 bits per heavy atom. The molecule has 0 radical (unpaired) electrons. The molecule has 23 heavy (non-hydrogen) atoms. The Labute approximate surface area is 134 Å². The summed E-state index contributed by atoms with van der Waals surface area (Å²) in [5, 5.41) is 6.40. The monoisotopic (exact) mass is 317 g/mol. The molecule has 2 aromatic rings. The van der Waals surface area contributed by atoms with Gasteiger partial charge in [-0.3, -0.25) is 4.79 Å². The van der Waals surface area contributed by atoms with Crippen molar-refractivity contribution in [3.05, 3.63) is 42.0 Å². The predicted octanol–water partition coefficient (Wildman–Crippen LogP) is 2.28. The second-order valence-electron chi connectivity index (χ2n) is 5.97. The highest BCUT2D eigenvalue weighted by molar-refractivity contribution is 5.78. The molecule has 2 heterocycles. The fourth-order valence-electron chi connectivity index (χ4n) is 2.82. The Balaban J connectivity index is 1.58. The Kier molecular flexibility index (Phi) is 4.71. The van der Waals surface area contributed by atoms with Gasteiger partial charge in [0.2, 0.25) is 11.8 Å². The van der Waals surface area contributed by atoms with Crippen LogP contribution in [0.25, 0.3) is 11.5 Å². The van der Waals surface area contributed by atoms with Crippen LogP contribution in [0.1, 0.15) is 25.5 Å². The smallest absolute Gasteiger partial charge is 0.226 e. The fraction of sp³-hybridized carbons (Fsp3) is 0.412. The molecule has 5 nitrogen and oxygen atoms in total. The van der Waals surface area contributed by atoms with E-state index >= 15 is 0 Å². The van der Waals surface area contributed by atoms with Crippen molar-refractivity contribution in [1.82, 2.24) is 15.6 Å². The van der Waals surface area contributed by atoms with E-state index in [1.54, 1.807) is 12.1 Å². The summed E-state index contributed by atoms with van der Waals surface area (Å²) in [6.07, 6.45) is 3.54. The lowest BCUT2D eigenvalue weighted by Crippen LogP contribution is -2.46. The number of nitrogens with one attached hydrogen (secondary N) is 2. The molecule has 0 spiro atoms. The minimum absolute atomic E-state index is 0.0527. The number of aromatic nitrogens is 1. The van der Waals surface area contributed by atoms with E-state index in [-0.39, 0.29) is 24.2 Å². The van der Waals surface area contributed by atoms with Crippen LogP contribution < -0.4 is 10.6 Å². The predicted molar refractivity (Wildman–Crippen MR) is 84.2 cm³/mol. The van der Waals surface area contributed by atoms with E-state index in [0.717, 1.165) is 19.4 Å². The van der Waals surface area contributed by atoms with Gasteiger partial charge in [-0.05, 0) is 50.6 Å². The van der Waals surface area contributed by atoms with Gasteiger partial charge < -0.3 is 15.1 Å². The number of oxazole rings is 1. The molecule has 2 atom stereocenters. The molecule has 0 saturated carbocycles. The first kappa shape index (κ1) is 15.7. The van der Waals surface area contributed by atoms with Crippen molar-refractivity contribution in [3.8, 4) is 11.5 Å². The molecule has 3 rings (SSSR count). The SMILES string of the molecule is CC1CC(NC(=O)Cc2coc(-c3ccc(F)cc3)n2)CCN1. The standard InChI is InChI=1S/C17H20FN3O2/c1-11-8-14(6-7-19-11)20-16(22)9-15-10-23-17(21-15)12-2-4-13(18)5-3-12/h2-5,10-11,14,19H,6-9H2,1H3,(H,20,22). The van der Waals surface area contributed by atoms with E-state index in [2.05, 4.69) is 22.5 Å². The fourth-order valence-corrected chi connectivity index (χ4v) is 2.82. The lowest BCUT2D eigenvalue weighted by atomic mass is 10.0. The third-order valence-corrected chi connectivity index (χ3v) is 3.97. The zero-order valence-corrected chi connectivity index (χ0v) is 13.0. The second-order valence-corrected chi connectivity index (χ2v) is 5.97. The van der Waals surface area contributed by atoms with Crippen LogP contribution in [0.15, 0.2) is 34.9 Å². The largest absolute Gasteiger partial charge is 0.444 e. The maximum Gasteiger partial charge on any atom is 0.226 e. The van der Waals surface area contributed by atoms with E-state index in [1.807, 2.05) is 0 Å². The molecule has 2 unspecified atom stereocenters. The van der Waals surface area contributed by atoms with Gasteiger partial charge in [0.1, 0.15) is 12.1 Å². The molecule has 6 heteroatoms. The summed E-state index contributed by atoms with van der Waals surface area (Å²) in [6.45, 7) is 3.04. The Bertz CT molecular complexity index is 669. The normalized spacial score (nSPS) is 21.1. The highest BCUT2D eigenvalue weighted by atomic mass is 19.1. The molecule has 1 amide bonds. The highest BCUT2D eigenvalue weighted by Gasteiger charge is 2.20. The van der Waals surface area contributed by atoms with E-state index in [4.69, 9.17) is 4.42 Å². The number of amides is 1. The van der Waals surface area contributed by atoms with Crippen LogP contribution in [0.4, 0.5) is 4.39 Å². The molecule has 122 valence electrons. The molecule has 0 aliphatic carbocycles. The number of carbonyl (C=O) groups is 1. The van der Waals surface area contributed by atoms with Gasteiger partial charge in [0.05, 0.1) is 12.1 Å². The first-order valence-corrected chi connectivity index (χ1v) is 7.83. The molecule has 1 aliphatic rings. The molecule has 1 aromatic carbocycles. The van der Waals surface area contributed by atoms with Crippen LogP contribution in [0.5, 0.6) is 0 Å². The summed E-state index contributed by atoms with van der Waals surface area (Å²) in [7, 11) is 0. The summed E-state index contributed by atoms with van der Waals surface area (Å²) in [4.78, 5) is 16.4. The van der Waals surface area contributed by atoms with Crippen molar-refractivity contribution < 1.29 is 13.6 Å². The van der Waals surface area contributed by atoms with Gasteiger partial charge in [-0.2, -0.15) is 0 Å². The minimum atomic E-state index is -0.309. The lowest BCUT2D eigenvalue weighted by molar-refractivity contribution is -0.121. The van der Waals surface area contributed by atoms with Crippen molar-refractivity contribution >= 4 is 5.91 Å². The average Bonchev–Trinajstić information content (AvgIpc) is 2.96. The number of halogens is 1. The zero-order chi connectivity index (χ0) is 16.2. The van der Waals surface area contributed by atoms with Crippen molar-refractivity contribution in [1.29, 1.82) is 0 Å². The molecular weight excluding hydrogens is 297 g/mol. The Hall–Kier alpha value is -2.21. The van der Waals surface area contributed by atoms with Crippen LogP contribution in [0.3, 0.4) is 0 Å². The van der Waals surface area contributed by atoms with Gasteiger partial charge in [-0.15, -0.1) is 0 Å². The van der Waals surface area contributed by atoms with Gasteiger partial charge in [0.15, 0.2) is 0 Å². The summed E-state index contributed by atoms with van der Waals surface area (Å²) in [5.74, 6) is 0.0300. The van der Waals surface area contributed by atoms with Crippen LogP contribution in [-0.4, -0.2) is 29.5 Å². The van der Waals surface area contributed by atoms with E-state index < -0.39 is 0 Å². The van der Waals surface area contributed by atoms with Gasteiger partial charge >= 0.3 is 0 Å². The summed E-state index contributed by atoms with van der Waals surface area (Å²) < 4.78 is 18.3. The Morgan fingerprint density at radius 2 is 2.22 bits per heavy atom. The number of piperidine rings is 1. The van der Waals surface area contributed by atoms with Crippen molar-refractivity contribution in [2.45, 2.75) is 38.3 Å². The van der Waals surface area contributed by atoms with Crippen LogP contribution in [0.2, 0.25) is 0 Å². The number of carbonyl (C=O) groups excluding carboxylic acids is 1. The van der Waals surface area contributed by atoms with Gasteiger partial charge in [-0.1, -0.05) is 0 Å².